The van der Waals surface area contributed by atoms with Gasteiger partial charge in [-0.1, -0.05) is 48.5 Å². The van der Waals surface area contributed by atoms with Crippen molar-refractivity contribution in [1.82, 2.24) is 10.4 Å². The fraction of sp³-hybridized carbons (Fsp3) is 0.406. The highest BCUT2D eigenvalue weighted by Gasteiger charge is 2.28. The number of hydrogen-bond acceptors (Lipinski definition) is 6. The van der Waals surface area contributed by atoms with E-state index in [-0.39, 0.29) is 0 Å². The number of ether oxygens (including phenoxy) is 1. The van der Waals surface area contributed by atoms with Crippen molar-refractivity contribution in [3.63, 3.8) is 0 Å². The third-order valence-corrected chi connectivity index (χ3v) is 7.70. The molecule has 208 valence electrons. The van der Waals surface area contributed by atoms with Gasteiger partial charge in [-0.05, 0) is 98.5 Å². The quantitative estimate of drug-likeness (QED) is 0.170. The van der Waals surface area contributed by atoms with Gasteiger partial charge in [-0.2, -0.15) is 0 Å². The van der Waals surface area contributed by atoms with Crippen LogP contribution in [0.2, 0.25) is 0 Å². The maximum atomic E-state index is 12.0. The lowest BCUT2D eigenvalue weighted by atomic mass is 9.76. The molecule has 0 aromatic heterocycles. The van der Waals surface area contributed by atoms with E-state index < -0.39 is 5.91 Å². The Bertz CT molecular complexity index is 1160. The van der Waals surface area contributed by atoms with Crippen molar-refractivity contribution in [2.75, 3.05) is 32.8 Å². The van der Waals surface area contributed by atoms with Crippen LogP contribution in [0.15, 0.2) is 72.8 Å². The number of phenolic OH excluding ortho intramolecular Hbond substituents is 1. The molecule has 1 aliphatic rings. The van der Waals surface area contributed by atoms with Crippen molar-refractivity contribution in [2.45, 2.75) is 44.4 Å². The maximum absolute atomic E-state index is 12.0. The summed E-state index contributed by atoms with van der Waals surface area (Å²) in [7, 11) is 0. The van der Waals surface area contributed by atoms with Crippen LogP contribution in [0.3, 0.4) is 0 Å². The number of primary amides is 1. The molecule has 3 aromatic rings. The molecule has 7 nitrogen and oxygen atoms in total. The Kier molecular flexibility index (Phi) is 10.8. The molecule has 5 N–H and O–H groups in total. The Morgan fingerprint density at radius 2 is 1.69 bits per heavy atom. The van der Waals surface area contributed by atoms with Crippen LogP contribution >= 0.6 is 0 Å². The molecule has 1 atom stereocenters. The van der Waals surface area contributed by atoms with Crippen molar-refractivity contribution in [3.05, 3.63) is 95.1 Å². The van der Waals surface area contributed by atoms with Crippen LogP contribution in [0.1, 0.15) is 65.1 Å². The minimum absolute atomic E-state index is 0.300. The molecule has 1 fully saturated rings. The van der Waals surface area contributed by atoms with E-state index in [1.807, 2.05) is 18.2 Å². The summed E-state index contributed by atoms with van der Waals surface area (Å²) in [6.45, 7) is 4.11. The van der Waals surface area contributed by atoms with Gasteiger partial charge in [0.1, 0.15) is 11.5 Å². The van der Waals surface area contributed by atoms with Gasteiger partial charge in [0.05, 0.1) is 12.2 Å². The number of unbranched alkanes of at least 4 members (excludes halogenated alkanes) is 1. The van der Waals surface area contributed by atoms with Crippen LogP contribution in [0, 0.1) is 5.92 Å². The minimum Gasteiger partial charge on any atom is -0.508 e. The van der Waals surface area contributed by atoms with Crippen molar-refractivity contribution in [3.8, 4) is 11.5 Å². The number of piperidine rings is 1. The van der Waals surface area contributed by atoms with Gasteiger partial charge in [0.15, 0.2) is 0 Å². The molecule has 1 heterocycles. The molecular formula is C32H41N3O4. The van der Waals surface area contributed by atoms with Gasteiger partial charge < -0.3 is 25.7 Å². The predicted octanol–water partition coefficient (Wildman–Crippen LogP) is 5.11. The number of benzene rings is 3. The van der Waals surface area contributed by atoms with Crippen molar-refractivity contribution in [2.24, 2.45) is 11.7 Å². The number of nitrogens with one attached hydrogen (secondary N) is 1. The van der Waals surface area contributed by atoms with E-state index in [2.05, 4.69) is 52.8 Å². The number of hydrogen-bond donors (Lipinski definition) is 4. The molecular weight excluding hydrogens is 490 g/mol. The standard InChI is InChI=1S/C32H41N3O4/c33-32(37)29-23-24(7-4-5-18-34-38)10-15-30(29)39-22-6-19-35-20-16-27(17-21-35)31(25-8-2-1-3-9-25)26-11-13-28(36)14-12-26/h1-3,8-15,23,27,31,34,36,38H,4-7,16-22H2,(H2,33,37). The summed E-state index contributed by atoms with van der Waals surface area (Å²) in [5.74, 6) is 1.22. The Hall–Kier alpha value is -3.39. The third kappa shape index (κ3) is 8.30. The zero-order valence-electron chi connectivity index (χ0n) is 22.6. The lowest BCUT2D eigenvalue weighted by Gasteiger charge is -2.36. The molecule has 3 aromatic carbocycles. The molecule has 1 unspecified atom stereocenters. The van der Waals surface area contributed by atoms with Crippen molar-refractivity contribution < 1.29 is 19.8 Å². The van der Waals surface area contributed by atoms with Gasteiger partial charge in [0.25, 0.3) is 5.91 Å². The van der Waals surface area contributed by atoms with Gasteiger partial charge in [-0.25, -0.2) is 5.48 Å². The average Bonchev–Trinajstić information content (AvgIpc) is 2.96. The first-order valence-electron chi connectivity index (χ1n) is 14.0. The monoisotopic (exact) mass is 531 g/mol. The van der Waals surface area contributed by atoms with Crippen LogP contribution in [0.5, 0.6) is 11.5 Å². The van der Waals surface area contributed by atoms with Gasteiger partial charge >= 0.3 is 0 Å². The van der Waals surface area contributed by atoms with Crippen molar-refractivity contribution in [1.29, 1.82) is 0 Å². The van der Waals surface area contributed by atoms with Gasteiger partial charge in [-0.3, -0.25) is 4.79 Å². The highest BCUT2D eigenvalue weighted by atomic mass is 16.5. The summed E-state index contributed by atoms with van der Waals surface area (Å²) in [6.07, 6.45) is 5.67. The zero-order valence-corrected chi connectivity index (χ0v) is 22.6. The Morgan fingerprint density at radius 3 is 2.38 bits per heavy atom. The van der Waals surface area contributed by atoms with Crippen LogP contribution in [-0.2, 0) is 6.42 Å². The lowest BCUT2D eigenvalue weighted by Crippen LogP contribution is -2.36. The largest absolute Gasteiger partial charge is 0.508 e. The minimum atomic E-state index is -0.479. The number of rotatable bonds is 14. The molecule has 1 saturated heterocycles. The highest BCUT2D eigenvalue weighted by molar-refractivity contribution is 5.95. The molecule has 0 radical (unpaired) electrons. The highest BCUT2D eigenvalue weighted by Crippen LogP contribution is 2.38. The summed E-state index contributed by atoms with van der Waals surface area (Å²) in [5.41, 5.74) is 11.8. The smallest absolute Gasteiger partial charge is 0.252 e. The van der Waals surface area contributed by atoms with E-state index in [1.54, 1.807) is 12.1 Å². The number of aromatic hydroxyl groups is 1. The molecule has 0 aliphatic carbocycles. The Balaban J connectivity index is 1.26. The predicted molar refractivity (Wildman–Crippen MR) is 153 cm³/mol. The van der Waals surface area contributed by atoms with Crippen molar-refractivity contribution >= 4 is 5.91 Å². The zero-order chi connectivity index (χ0) is 27.5. The summed E-state index contributed by atoms with van der Waals surface area (Å²) in [5, 5.41) is 18.5. The Labute approximate surface area is 231 Å². The molecule has 0 spiro atoms. The fourth-order valence-electron chi connectivity index (χ4n) is 5.64. The van der Waals surface area contributed by atoms with E-state index in [1.165, 1.54) is 11.1 Å². The third-order valence-electron chi connectivity index (χ3n) is 7.70. The summed E-state index contributed by atoms with van der Waals surface area (Å²) in [6, 6.07) is 24.0. The molecule has 39 heavy (non-hydrogen) atoms. The Morgan fingerprint density at radius 1 is 0.974 bits per heavy atom. The number of carbonyl (C=O) groups is 1. The second-order valence-electron chi connectivity index (χ2n) is 10.4. The second-order valence-corrected chi connectivity index (χ2v) is 10.4. The molecule has 4 rings (SSSR count). The lowest BCUT2D eigenvalue weighted by molar-refractivity contribution is 0.0995. The summed E-state index contributed by atoms with van der Waals surface area (Å²) >= 11 is 0. The SMILES string of the molecule is NC(=O)c1cc(CCCCNO)ccc1OCCCN1CCC(C(c2ccccc2)c2ccc(O)cc2)CC1. The molecule has 7 heteroatoms. The van der Waals surface area contributed by atoms with Crippen LogP contribution in [-0.4, -0.2) is 53.9 Å². The fourth-order valence-corrected chi connectivity index (χ4v) is 5.64. The number of likely N-dealkylation sites (tertiary alicyclic amines) is 1. The molecule has 1 aliphatic heterocycles. The number of phenols is 1. The summed E-state index contributed by atoms with van der Waals surface area (Å²) < 4.78 is 5.98. The number of aryl methyl sites for hydroxylation is 1. The van der Waals surface area contributed by atoms with Crippen LogP contribution in [0.25, 0.3) is 0 Å². The van der Waals surface area contributed by atoms with Gasteiger partial charge in [-0.15, -0.1) is 0 Å². The first kappa shape index (κ1) is 28.6. The van der Waals surface area contributed by atoms with Crippen LogP contribution in [0.4, 0.5) is 0 Å². The second kappa shape index (κ2) is 14.7. The van der Waals surface area contributed by atoms with Crippen LogP contribution < -0.4 is 16.0 Å². The number of hydroxylamine groups is 1. The normalized spacial score (nSPS) is 15.2. The number of amides is 1. The topological polar surface area (TPSA) is 108 Å². The molecule has 1 amide bonds. The average molecular weight is 532 g/mol. The van der Waals surface area contributed by atoms with Gasteiger partial charge in [0, 0.05) is 19.0 Å². The summed E-state index contributed by atoms with van der Waals surface area (Å²) in [4.78, 5) is 14.5. The van der Waals surface area contributed by atoms with Gasteiger partial charge in [0.2, 0.25) is 0 Å². The molecule has 0 saturated carbocycles. The van der Waals surface area contributed by atoms with E-state index in [0.717, 1.165) is 63.7 Å². The first-order chi connectivity index (χ1) is 19.0. The first-order valence-corrected chi connectivity index (χ1v) is 14.0. The van der Waals surface area contributed by atoms with E-state index in [0.29, 0.717) is 42.0 Å². The van der Waals surface area contributed by atoms with E-state index >= 15 is 0 Å². The molecule has 0 bridgehead atoms. The number of carbonyl (C=O) groups excluding carboxylic acids is 1. The number of nitrogens with zero attached hydrogens (tertiary/aromatic N) is 1. The van der Waals surface area contributed by atoms with E-state index in [9.17, 15) is 9.90 Å². The maximum Gasteiger partial charge on any atom is 0.252 e. The van der Waals surface area contributed by atoms with E-state index in [4.69, 9.17) is 15.7 Å². The number of nitrogens with two attached hydrogens (primary N) is 1.